The quantitative estimate of drug-likeness (QED) is 0.205. The maximum atomic E-state index is 13.0. The predicted molar refractivity (Wildman–Crippen MR) is 96.7 cm³/mol. The average Bonchev–Trinajstić information content (AvgIpc) is 3.22. The lowest BCUT2D eigenvalue weighted by Gasteiger charge is -2.15. The second-order valence-corrected chi connectivity index (χ2v) is 6.59. The van der Waals surface area contributed by atoms with Gasteiger partial charge in [-0.3, -0.25) is 10.1 Å². The number of nitrogens with zero attached hydrogens (tertiary/aromatic N) is 3. The number of carbonyl (C=O) groups is 1. The van der Waals surface area contributed by atoms with E-state index in [0.29, 0.717) is 0 Å². The third-order valence-corrected chi connectivity index (χ3v) is 4.22. The van der Waals surface area contributed by atoms with Crippen molar-refractivity contribution < 1.29 is 45.2 Å². The fourth-order valence-electron chi connectivity index (χ4n) is 2.59. The molecule has 0 aliphatic carbocycles. The molecule has 3 rings (SSSR count). The van der Waals surface area contributed by atoms with Crippen LogP contribution < -0.4 is 0 Å². The first kappa shape index (κ1) is 23.7. The highest BCUT2D eigenvalue weighted by Crippen LogP contribution is 2.36. The van der Waals surface area contributed by atoms with E-state index in [2.05, 4.69) is 10.2 Å². The van der Waals surface area contributed by atoms with Crippen LogP contribution >= 0.6 is 0 Å². The second-order valence-electron chi connectivity index (χ2n) is 6.59. The van der Waals surface area contributed by atoms with E-state index in [4.69, 9.17) is 9.15 Å². The van der Waals surface area contributed by atoms with Crippen molar-refractivity contribution in [3.8, 4) is 11.5 Å². The summed E-state index contributed by atoms with van der Waals surface area (Å²) in [7, 11) is 0. The van der Waals surface area contributed by atoms with Crippen LogP contribution in [-0.4, -0.2) is 21.1 Å². The van der Waals surface area contributed by atoms with Gasteiger partial charge in [-0.1, -0.05) is 0 Å². The molecule has 1 atom stereocenters. The normalized spacial score (nSPS) is 12.9. The Morgan fingerprint density at radius 1 is 1.00 bits per heavy atom. The Hall–Kier alpha value is -3.97. The van der Waals surface area contributed by atoms with Crippen molar-refractivity contribution in [2.75, 3.05) is 0 Å². The van der Waals surface area contributed by atoms with E-state index in [1.54, 1.807) is 0 Å². The molecule has 1 heterocycles. The van der Waals surface area contributed by atoms with Crippen LogP contribution in [0.3, 0.4) is 0 Å². The molecular formula is C19H11F6N3O5. The van der Waals surface area contributed by atoms with Crippen molar-refractivity contribution in [3.63, 3.8) is 0 Å². The van der Waals surface area contributed by atoms with Gasteiger partial charge in [0.15, 0.2) is 6.10 Å². The first-order valence-electron chi connectivity index (χ1n) is 8.84. The average molecular weight is 475 g/mol. The summed E-state index contributed by atoms with van der Waals surface area (Å²) >= 11 is 0. The van der Waals surface area contributed by atoms with Crippen molar-refractivity contribution in [3.05, 3.63) is 75.2 Å². The van der Waals surface area contributed by atoms with Gasteiger partial charge in [-0.2, -0.15) is 26.3 Å². The molecule has 0 saturated heterocycles. The first-order chi connectivity index (χ1) is 15.3. The molecule has 33 heavy (non-hydrogen) atoms. The van der Waals surface area contributed by atoms with E-state index in [-0.39, 0.29) is 41.2 Å². The Balaban J connectivity index is 1.82. The van der Waals surface area contributed by atoms with Crippen molar-refractivity contribution >= 4 is 11.7 Å². The Kier molecular flexibility index (Phi) is 6.12. The number of carbonyl (C=O) groups excluding carboxylic acids is 1. The molecule has 174 valence electrons. The van der Waals surface area contributed by atoms with E-state index in [9.17, 15) is 41.3 Å². The van der Waals surface area contributed by atoms with Crippen LogP contribution in [0, 0.1) is 10.1 Å². The summed E-state index contributed by atoms with van der Waals surface area (Å²) in [5, 5.41) is 18.0. The Labute approximate surface area is 179 Å². The van der Waals surface area contributed by atoms with Gasteiger partial charge >= 0.3 is 18.3 Å². The number of halogens is 6. The Bertz CT molecular complexity index is 1160. The molecule has 3 aromatic rings. The van der Waals surface area contributed by atoms with Crippen LogP contribution in [0.1, 0.15) is 40.4 Å². The smallest absolute Gasteiger partial charge is 0.416 e. The van der Waals surface area contributed by atoms with E-state index in [0.717, 1.165) is 0 Å². The number of nitro benzene ring substituents is 1. The van der Waals surface area contributed by atoms with Crippen LogP contribution in [0.5, 0.6) is 0 Å². The van der Waals surface area contributed by atoms with E-state index < -0.39 is 46.0 Å². The van der Waals surface area contributed by atoms with Gasteiger partial charge < -0.3 is 9.15 Å². The van der Waals surface area contributed by atoms with Gasteiger partial charge in [0.25, 0.3) is 11.6 Å². The molecule has 0 fully saturated rings. The minimum Gasteiger partial charge on any atom is -0.449 e. The van der Waals surface area contributed by atoms with Crippen LogP contribution in [-0.2, 0) is 17.1 Å². The van der Waals surface area contributed by atoms with Gasteiger partial charge in [0, 0.05) is 17.7 Å². The lowest BCUT2D eigenvalue weighted by atomic mass is 10.0. The molecule has 0 N–H and O–H groups in total. The molecule has 0 radical (unpaired) electrons. The van der Waals surface area contributed by atoms with Crippen molar-refractivity contribution in [2.45, 2.75) is 25.4 Å². The second kappa shape index (κ2) is 8.52. The van der Waals surface area contributed by atoms with E-state index >= 15 is 0 Å². The minimum atomic E-state index is -5.13. The highest BCUT2D eigenvalue weighted by Gasteiger charge is 2.38. The van der Waals surface area contributed by atoms with Crippen molar-refractivity contribution in [1.29, 1.82) is 0 Å². The largest absolute Gasteiger partial charge is 0.449 e. The molecule has 0 amide bonds. The standard InChI is InChI=1S/C19H11F6N3O5/c1-9(15-26-27-16(33-15)10-2-4-14(5-3-10)28(30)31)32-17(29)11-6-12(18(20,21)22)8-13(7-11)19(23,24)25/h2-9H,1H3. The van der Waals surface area contributed by atoms with Gasteiger partial charge in [0.2, 0.25) is 5.89 Å². The van der Waals surface area contributed by atoms with Gasteiger partial charge in [0.05, 0.1) is 21.6 Å². The van der Waals surface area contributed by atoms with Crippen molar-refractivity contribution in [2.24, 2.45) is 0 Å². The number of ether oxygens (including phenoxy) is 1. The van der Waals surface area contributed by atoms with Crippen LogP contribution in [0.15, 0.2) is 46.9 Å². The van der Waals surface area contributed by atoms with Crippen molar-refractivity contribution in [1.82, 2.24) is 10.2 Å². The van der Waals surface area contributed by atoms with Gasteiger partial charge in [-0.25, -0.2) is 4.79 Å². The zero-order valence-electron chi connectivity index (χ0n) is 16.3. The number of hydrogen-bond acceptors (Lipinski definition) is 7. The number of aromatic nitrogens is 2. The predicted octanol–water partition coefficient (Wildman–Crippen LogP) is 5.60. The number of hydrogen-bond donors (Lipinski definition) is 0. The topological polar surface area (TPSA) is 108 Å². The molecule has 14 heteroatoms. The summed E-state index contributed by atoms with van der Waals surface area (Å²) in [4.78, 5) is 22.3. The van der Waals surface area contributed by atoms with Gasteiger partial charge in [-0.15, -0.1) is 10.2 Å². The molecule has 0 bridgehead atoms. The third kappa shape index (κ3) is 5.45. The van der Waals surface area contributed by atoms with E-state index in [1.165, 1.54) is 31.2 Å². The number of esters is 1. The number of alkyl halides is 6. The number of benzene rings is 2. The molecule has 0 aliphatic heterocycles. The van der Waals surface area contributed by atoms with Crippen LogP contribution in [0.4, 0.5) is 32.0 Å². The lowest BCUT2D eigenvalue weighted by molar-refractivity contribution is -0.384. The maximum absolute atomic E-state index is 13.0. The molecule has 0 aliphatic rings. The monoisotopic (exact) mass is 475 g/mol. The molecule has 1 unspecified atom stereocenters. The fraction of sp³-hybridized carbons (Fsp3) is 0.211. The molecule has 0 saturated carbocycles. The molecule has 8 nitrogen and oxygen atoms in total. The Morgan fingerprint density at radius 3 is 2.03 bits per heavy atom. The summed E-state index contributed by atoms with van der Waals surface area (Å²) in [6.07, 6.45) is -11.6. The van der Waals surface area contributed by atoms with Crippen LogP contribution in [0.2, 0.25) is 0 Å². The van der Waals surface area contributed by atoms with E-state index in [1.807, 2.05) is 0 Å². The molecule has 0 spiro atoms. The number of nitro groups is 1. The molecule has 1 aromatic heterocycles. The zero-order chi connectivity index (χ0) is 24.6. The number of non-ortho nitro benzene ring substituents is 1. The zero-order valence-corrected chi connectivity index (χ0v) is 16.3. The first-order valence-corrected chi connectivity index (χ1v) is 8.84. The molecular weight excluding hydrogens is 464 g/mol. The lowest BCUT2D eigenvalue weighted by Crippen LogP contribution is -2.15. The van der Waals surface area contributed by atoms with Gasteiger partial charge in [-0.05, 0) is 37.3 Å². The number of rotatable bonds is 5. The highest BCUT2D eigenvalue weighted by atomic mass is 19.4. The van der Waals surface area contributed by atoms with Gasteiger partial charge in [0.1, 0.15) is 0 Å². The minimum absolute atomic E-state index is 0.110. The summed E-state index contributed by atoms with van der Waals surface area (Å²) < 4.78 is 88.0. The summed E-state index contributed by atoms with van der Waals surface area (Å²) in [5.74, 6) is -1.89. The van der Waals surface area contributed by atoms with Crippen LogP contribution in [0.25, 0.3) is 11.5 Å². The third-order valence-electron chi connectivity index (χ3n) is 4.22. The SMILES string of the molecule is CC(OC(=O)c1cc(C(F)(F)F)cc(C(F)(F)F)c1)c1nnc(-c2ccc([N+](=O)[O-])cc2)o1. The summed E-state index contributed by atoms with van der Waals surface area (Å²) in [6.45, 7) is 1.21. The Morgan fingerprint density at radius 2 is 1.55 bits per heavy atom. The maximum Gasteiger partial charge on any atom is 0.416 e. The molecule has 2 aromatic carbocycles. The summed E-state index contributed by atoms with van der Waals surface area (Å²) in [6, 6.07) is 5.33. The fourth-order valence-corrected chi connectivity index (χ4v) is 2.59. The highest BCUT2D eigenvalue weighted by molar-refractivity contribution is 5.90. The summed E-state index contributed by atoms with van der Waals surface area (Å²) in [5.41, 5.74) is -4.23.